The van der Waals surface area contributed by atoms with Crippen molar-refractivity contribution in [3.05, 3.63) is 0 Å². The first-order chi connectivity index (χ1) is 7.81. The molecule has 2 nitrogen and oxygen atoms in total. The summed E-state index contributed by atoms with van der Waals surface area (Å²) in [5.41, 5.74) is 0. The Morgan fingerprint density at radius 3 is 2.31 bits per heavy atom. The summed E-state index contributed by atoms with van der Waals surface area (Å²) in [6.45, 7) is 7.20. The molecule has 2 unspecified atom stereocenters. The monoisotopic (exact) mass is 227 g/mol. The van der Waals surface area contributed by atoms with Crippen LogP contribution in [0.25, 0.3) is 0 Å². The molecule has 0 aromatic heterocycles. The third kappa shape index (κ3) is 4.42. The smallest absolute Gasteiger partial charge is 0.0462 e. The minimum Gasteiger partial charge on any atom is -0.396 e. The molecule has 0 saturated heterocycles. The fourth-order valence-electron chi connectivity index (χ4n) is 2.84. The third-order valence-corrected chi connectivity index (χ3v) is 4.30. The average Bonchev–Trinajstić information content (AvgIpc) is 2.35. The zero-order valence-electron chi connectivity index (χ0n) is 11.0. The molecule has 0 bridgehead atoms. The molecule has 0 aliphatic heterocycles. The summed E-state index contributed by atoms with van der Waals surface area (Å²) >= 11 is 0. The molecule has 2 N–H and O–H groups in total. The van der Waals surface area contributed by atoms with E-state index in [1.165, 1.54) is 38.5 Å². The second-order valence-electron chi connectivity index (χ2n) is 5.33. The highest BCUT2D eigenvalue weighted by atomic mass is 16.3. The van der Waals surface area contributed by atoms with Crippen molar-refractivity contribution in [3.8, 4) is 0 Å². The van der Waals surface area contributed by atoms with Gasteiger partial charge < -0.3 is 10.4 Å². The van der Waals surface area contributed by atoms with E-state index in [1.807, 2.05) is 0 Å². The first kappa shape index (κ1) is 14.0. The molecule has 0 aromatic carbocycles. The van der Waals surface area contributed by atoms with Gasteiger partial charge in [-0.2, -0.15) is 0 Å². The van der Waals surface area contributed by atoms with Crippen molar-refractivity contribution >= 4 is 0 Å². The fraction of sp³-hybridized carbons (Fsp3) is 1.00. The summed E-state index contributed by atoms with van der Waals surface area (Å²) in [6, 6.07) is 0. The van der Waals surface area contributed by atoms with Gasteiger partial charge in [0.25, 0.3) is 0 Å². The van der Waals surface area contributed by atoms with E-state index in [0.717, 1.165) is 19.0 Å². The topological polar surface area (TPSA) is 32.3 Å². The molecule has 96 valence electrons. The van der Waals surface area contributed by atoms with Crippen LogP contribution in [0.5, 0.6) is 0 Å². The maximum atomic E-state index is 9.33. The van der Waals surface area contributed by atoms with E-state index in [-0.39, 0.29) is 0 Å². The summed E-state index contributed by atoms with van der Waals surface area (Å²) in [5, 5.41) is 12.9. The first-order valence-electron chi connectivity index (χ1n) is 7.13. The Hall–Kier alpha value is -0.0800. The highest BCUT2D eigenvalue weighted by Crippen LogP contribution is 2.29. The highest BCUT2D eigenvalue weighted by Gasteiger charge is 2.23. The Bertz CT molecular complexity index is 168. The normalized spacial score (nSPS) is 26.2. The van der Waals surface area contributed by atoms with Gasteiger partial charge in [0, 0.05) is 6.61 Å². The number of rotatable bonds is 7. The molecule has 1 rings (SSSR count). The van der Waals surface area contributed by atoms with Gasteiger partial charge in [-0.1, -0.05) is 39.5 Å². The van der Waals surface area contributed by atoms with Gasteiger partial charge in [0.15, 0.2) is 0 Å². The van der Waals surface area contributed by atoms with Crippen LogP contribution < -0.4 is 5.32 Å². The standard InChI is InChI=1S/C14H29NO/c1-3-12(4-2)9-15-10-13-7-5-6-8-14(13)11-16/h12-16H,3-11H2,1-2H3. The van der Waals surface area contributed by atoms with Crippen molar-refractivity contribution in [1.29, 1.82) is 0 Å². The van der Waals surface area contributed by atoms with Crippen LogP contribution in [0.2, 0.25) is 0 Å². The third-order valence-electron chi connectivity index (χ3n) is 4.30. The number of hydrogen-bond acceptors (Lipinski definition) is 2. The van der Waals surface area contributed by atoms with E-state index in [2.05, 4.69) is 19.2 Å². The molecule has 0 heterocycles. The minimum absolute atomic E-state index is 0.386. The Kier molecular flexibility index (Phi) is 7.06. The number of aliphatic hydroxyl groups excluding tert-OH is 1. The van der Waals surface area contributed by atoms with Crippen molar-refractivity contribution in [2.24, 2.45) is 17.8 Å². The van der Waals surface area contributed by atoms with Gasteiger partial charge in [0.1, 0.15) is 0 Å². The molecular weight excluding hydrogens is 198 g/mol. The SMILES string of the molecule is CCC(CC)CNCC1CCCCC1CO. The van der Waals surface area contributed by atoms with Crippen molar-refractivity contribution in [1.82, 2.24) is 5.32 Å². The van der Waals surface area contributed by atoms with Crippen LogP contribution in [0.15, 0.2) is 0 Å². The molecule has 16 heavy (non-hydrogen) atoms. The zero-order chi connectivity index (χ0) is 11.8. The van der Waals surface area contributed by atoms with Crippen LogP contribution in [0.4, 0.5) is 0 Å². The van der Waals surface area contributed by atoms with E-state index < -0.39 is 0 Å². The van der Waals surface area contributed by atoms with Gasteiger partial charge >= 0.3 is 0 Å². The predicted molar refractivity (Wildman–Crippen MR) is 69.5 cm³/mol. The average molecular weight is 227 g/mol. The zero-order valence-corrected chi connectivity index (χ0v) is 11.0. The lowest BCUT2D eigenvalue weighted by atomic mass is 9.79. The van der Waals surface area contributed by atoms with Gasteiger partial charge in [-0.15, -0.1) is 0 Å². The molecule has 0 spiro atoms. The molecule has 1 fully saturated rings. The largest absolute Gasteiger partial charge is 0.396 e. The Morgan fingerprint density at radius 1 is 1.12 bits per heavy atom. The Labute approximate surface area is 101 Å². The Balaban J connectivity index is 2.19. The number of aliphatic hydroxyl groups is 1. The number of nitrogens with one attached hydrogen (secondary N) is 1. The maximum absolute atomic E-state index is 9.33. The second-order valence-corrected chi connectivity index (χ2v) is 5.33. The van der Waals surface area contributed by atoms with Crippen LogP contribution >= 0.6 is 0 Å². The molecule has 2 atom stereocenters. The summed E-state index contributed by atoms with van der Waals surface area (Å²) < 4.78 is 0. The summed E-state index contributed by atoms with van der Waals surface area (Å²) in [6.07, 6.45) is 7.76. The summed E-state index contributed by atoms with van der Waals surface area (Å²) in [7, 11) is 0. The number of hydrogen-bond donors (Lipinski definition) is 2. The van der Waals surface area contributed by atoms with E-state index in [9.17, 15) is 5.11 Å². The molecule has 0 radical (unpaired) electrons. The molecule has 1 saturated carbocycles. The lowest BCUT2D eigenvalue weighted by Gasteiger charge is -2.30. The lowest BCUT2D eigenvalue weighted by molar-refractivity contribution is 0.132. The van der Waals surface area contributed by atoms with Gasteiger partial charge in [-0.25, -0.2) is 0 Å². The van der Waals surface area contributed by atoms with Crippen molar-refractivity contribution in [2.75, 3.05) is 19.7 Å². The molecule has 1 aliphatic carbocycles. The van der Waals surface area contributed by atoms with Crippen molar-refractivity contribution in [2.45, 2.75) is 52.4 Å². The highest BCUT2D eigenvalue weighted by molar-refractivity contribution is 4.77. The quantitative estimate of drug-likeness (QED) is 0.701. The van der Waals surface area contributed by atoms with Crippen molar-refractivity contribution < 1.29 is 5.11 Å². The van der Waals surface area contributed by atoms with Crippen molar-refractivity contribution in [3.63, 3.8) is 0 Å². The van der Waals surface area contributed by atoms with Gasteiger partial charge in [0.05, 0.1) is 0 Å². The van der Waals surface area contributed by atoms with Gasteiger partial charge in [-0.3, -0.25) is 0 Å². The van der Waals surface area contributed by atoms with E-state index in [0.29, 0.717) is 18.4 Å². The Morgan fingerprint density at radius 2 is 1.75 bits per heavy atom. The first-order valence-corrected chi connectivity index (χ1v) is 7.13. The van der Waals surface area contributed by atoms with Crippen LogP contribution in [-0.2, 0) is 0 Å². The van der Waals surface area contributed by atoms with Crippen LogP contribution in [0.3, 0.4) is 0 Å². The molecular formula is C14H29NO. The van der Waals surface area contributed by atoms with Crippen LogP contribution in [-0.4, -0.2) is 24.8 Å². The molecule has 1 aliphatic rings. The fourth-order valence-corrected chi connectivity index (χ4v) is 2.84. The van der Waals surface area contributed by atoms with Crippen LogP contribution in [0.1, 0.15) is 52.4 Å². The summed E-state index contributed by atoms with van der Waals surface area (Å²) in [5.74, 6) is 2.10. The van der Waals surface area contributed by atoms with E-state index in [1.54, 1.807) is 0 Å². The molecule has 0 aromatic rings. The van der Waals surface area contributed by atoms with E-state index in [4.69, 9.17) is 0 Å². The molecule has 0 amide bonds. The van der Waals surface area contributed by atoms with Gasteiger partial charge in [0.2, 0.25) is 0 Å². The second kappa shape index (κ2) is 8.08. The summed E-state index contributed by atoms with van der Waals surface area (Å²) in [4.78, 5) is 0. The predicted octanol–water partition coefficient (Wildman–Crippen LogP) is 2.81. The van der Waals surface area contributed by atoms with E-state index >= 15 is 0 Å². The molecule has 2 heteroatoms. The van der Waals surface area contributed by atoms with Crippen LogP contribution in [0, 0.1) is 17.8 Å². The maximum Gasteiger partial charge on any atom is 0.0462 e. The van der Waals surface area contributed by atoms with Gasteiger partial charge in [-0.05, 0) is 43.7 Å². The lowest BCUT2D eigenvalue weighted by Crippen LogP contribution is -2.34. The minimum atomic E-state index is 0.386.